The molecule has 0 saturated heterocycles. The summed E-state index contributed by atoms with van der Waals surface area (Å²) in [6.45, 7) is 0.414. The predicted molar refractivity (Wildman–Crippen MR) is 89.3 cm³/mol. The average molecular weight is 322 g/mol. The monoisotopic (exact) mass is 322 g/mol. The number of nitrogens with one attached hydrogen (secondary N) is 2. The van der Waals surface area contributed by atoms with Gasteiger partial charge in [-0.25, -0.2) is 4.39 Å². The van der Waals surface area contributed by atoms with Crippen molar-refractivity contribution in [3.8, 4) is 0 Å². The van der Waals surface area contributed by atoms with Crippen molar-refractivity contribution in [1.29, 1.82) is 0 Å². The van der Waals surface area contributed by atoms with E-state index in [0.29, 0.717) is 23.5 Å². The summed E-state index contributed by atoms with van der Waals surface area (Å²) in [6.07, 6.45) is 6.45. The molecular weight excluding hydrogens is 307 g/mol. The number of pyridine rings is 2. The molecule has 2 aromatic heterocycles. The number of benzene rings is 1. The highest BCUT2D eigenvalue weighted by Gasteiger charge is 2.07. The van der Waals surface area contributed by atoms with E-state index in [0.717, 1.165) is 5.56 Å². The van der Waals surface area contributed by atoms with Gasteiger partial charge in [0, 0.05) is 30.8 Å². The minimum absolute atomic E-state index is 0.220. The molecule has 0 aliphatic rings. The van der Waals surface area contributed by atoms with Gasteiger partial charge in [-0.3, -0.25) is 14.8 Å². The number of carbonyl (C=O) groups is 1. The fourth-order valence-corrected chi connectivity index (χ4v) is 2.12. The molecule has 0 bridgehead atoms. The summed E-state index contributed by atoms with van der Waals surface area (Å²) < 4.78 is 12.9. The zero-order valence-corrected chi connectivity index (χ0v) is 12.7. The number of hydrogen-bond acceptors (Lipinski definition) is 4. The van der Waals surface area contributed by atoms with E-state index < -0.39 is 0 Å². The summed E-state index contributed by atoms with van der Waals surface area (Å²) in [5.41, 5.74) is 2.77. The first-order valence-electron chi connectivity index (χ1n) is 7.35. The second-order valence-electron chi connectivity index (χ2n) is 5.13. The zero-order valence-electron chi connectivity index (χ0n) is 12.7. The van der Waals surface area contributed by atoms with E-state index in [1.807, 2.05) is 12.1 Å². The second kappa shape index (κ2) is 7.32. The summed E-state index contributed by atoms with van der Waals surface area (Å²) in [5, 5.41) is 5.91. The van der Waals surface area contributed by atoms with Crippen molar-refractivity contribution in [2.45, 2.75) is 6.54 Å². The maximum atomic E-state index is 12.9. The summed E-state index contributed by atoms with van der Waals surface area (Å²) in [7, 11) is 0. The quantitative estimate of drug-likeness (QED) is 0.756. The SMILES string of the molecule is O=C(NCc1ccncc1)c1cncc(Nc2ccc(F)cc2)c1. The van der Waals surface area contributed by atoms with Crippen LogP contribution in [0.2, 0.25) is 0 Å². The standard InChI is InChI=1S/C18H15FN4O/c19-15-1-3-16(4-2-15)23-17-9-14(11-21-12-17)18(24)22-10-13-5-7-20-8-6-13/h1-9,11-12,23H,10H2,(H,22,24). The number of rotatable bonds is 5. The van der Waals surface area contributed by atoms with Gasteiger partial charge in [0.25, 0.3) is 5.91 Å². The molecule has 0 spiro atoms. The van der Waals surface area contributed by atoms with Crippen molar-refractivity contribution in [3.63, 3.8) is 0 Å². The molecule has 0 atom stereocenters. The Kier molecular flexibility index (Phi) is 4.76. The molecule has 0 aliphatic carbocycles. The highest BCUT2D eigenvalue weighted by Crippen LogP contribution is 2.17. The summed E-state index contributed by atoms with van der Waals surface area (Å²) in [5.74, 6) is -0.523. The molecule has 0 fully saturated rings. The Morgan fingerprint density at radius 3 is 2.46 bits per heavy atom. The molecule has 1 aromatic carbocycles. The molecule has 1 amide bonds. The Labute approximate surface area is 138 Å². The van der Waals surface area contributed by atoms with Gasteiger partial charge in [0.15, 0.2) is 0 Å². The molecule has 0 radical (unpaired) electrons. The van der Waals surface area contributed by atoms with Crippen molar-refractivity contribution in [1.82, 2.24) is 15.3 Å². The maximum absolute atomic E-state index is 12.9. The van der Waals surface area contributed by atoms with E-state index in [4.69, 9.17) is 0 Å². The van der Waals surface area contributed by atoms with Crippen LogP contribution in [0, 0.1) is 5.82 Å². The lowest BCUT2D eigenvalue weighted by Crippen LogP contribution is -2.23. The summed E-state index contributed by atoms with van der Waals surface area (Å²) >= 11 is 0. The van der Waals surface area contributed by atoms with E-state index in [9.17, 15) is 9.18 Å². The Bertz CT molecular complexity index is 822. The van der Waals surface area contributed by atoms with Crippen LogP contribution in [0.3, 0.4) is 0 Å². The van der Waals surface area contributed by atoms with E-state index in [1.54, 1.807) is 36.8 Å². The predicted octanol–water partition coefficient (Wildman–Crippen LogP) is 3.29. The number of amides is 1. The normalized spacial score (nSPS) is 10.2. The highest BCUT2D eigenvalue weighted by molar-refractivity contribution is 5.94. The van der Waals surface area contributed by atoms with Crippen LogP contribution >= 0.6 is 0 Å². The molecule has 24 heavy (non-hydrogen) atoms. The lowest BCUT2D eigenvalue weighted by atomic mass is 10.2. The molecule has 2 heterocycles. The van der Waals surface area contributed by atoms with Crippen LogP contribution in [0.1, 0.15) is 15.9 Å². The third-order valence-corrected chi connectivity index (χ3v) is 3.34. The van der Waals surface area contributed by atoms with Crippen LogP contribution in [0.15, 0.2) is 67.3 Å². The van der Waals surface area contributed by atoms with E-state index in [2.05, 4.69) is 20.6 Å². The Hall–Kier alpha value is -3.28. The zero-order chi connectivity index (χ0) is 16.8. The van der Waals surface area contributed by atoms with Gasteiger partial charge in [0.05, 0.1) is 17.4 Å². The molecule has 6 heteroatoms. The van der Waals surface area contributed by atoms with Crippen LogP contribution < -0.4 is 10.6 Å². The molecule has 0 saturated carbocycles. The molecule has 0 aliphatic heterocycles. The third-order valence-electron chi connectivity index (χ3n) is 3.34. The van der Waals surface area contributed by atoms with Crippen LogP contribution in [0.4, 0.5) is 15.8 Å². The number of hydrogen-bond donors (Lipinski definition) is 2. The number of aromatic nitrogens is 2. The Balaban J connectivity index is 1.65. The van der Waals surface area contributed by atoms with Gasteiger partial charge >= 0.3 is 0 Å². The average Bonchev–Trinajstić information content (AvgIpc) is 2.63. The maximum Gasteiger partial charge on any atom is 0.253 e. The smallest absolute Gasteiger partial charge is 0.253 e. The number of halogens is 1. The van der Waals surface area contributed by atoms with Crippen molar-refractivity contribution in [2.75, 3.05) is 5.32 Å². The number of anilines is 2. The summed E-state index contributed by atoms with van der Waals surface area (Å²) in [4.78, 5) is 20.2. The molecule has 2 N–H and O–H groups in total. The van der Waals surface area contributed by atoms with Crippen LogP contribution in [-0.2, 0) is 6.54 Å². The number of carbonyl (C=O) groups excluding carboxylic acids is 1. The Morgan fingerprint density at radius 1 is 0.958 bits per heavy atom. The molecular formula is C18H15FN4O. The lowest BCUT2D eigenvalue weighted by Gasteiger charge is -2.09. The summed E-state index contributed by atoms with van der Waals surface area (Å²) in [6, 6.07) is 11.3. The van der Waals surface area contributed by atoms with Crippen LogP contribution in [-0.4, -0.2) is 15.9 Å². The first-order chi connectivity index (χ1) is 11.7. The molecule has 3 aromatic rings. The van der Waals surface area contributed by atoms with Gasteiger partial charge in [-0.05, 0) is 48.0 Å². The van der Waals surface area contributed by atoms with Gasteiger partial charge in [0.2, 0.25) is 0 Å². The minimum atomic E-state index is -0.303. The van der Waals surface area contributed by atoms with Crippen molar-refractivity contribution in [3.05, 3.63) is 84.2 Å². The van der Waals surface area contributed by atoms with Gasteiger partial charge in [-0.2, -0.15) is 0 Å². The molecule has 0 unspecified atom stereocenters. The molecule has 3 rings (SSSR count). The minimum Gasteiger partial charge on any atom is -0.354 e. The topological polar surface area (TPSA) is 66.9 Å². The molecule has 120 valence electrons. The van der Waals surface area contributed by atoms with Gasteiger partial charge in [-0.1, -0.05) is 0 Å². The van der Waals surface area contributed by atoms with Crippen LogP contribution in [0.25, 0.3) is 0 Å². The highest BCUT2D eigenvalue weighted by atomic mass is 19.1. The fraction of sp³-hybridized carbons (Fsp3) is 0.0556. The van der Waals surface area contributed by atoms with E-state index in [1.165, 1.54) is 18.3 Å². The number of nitrogens with zero attached hydrogens (tertiary/aromatic N) is 2. The lowest BCUT2D eigenvalue weighted by molar-refractivity contribution is 0.0950. The van der Waals surface area contributed by atoms with Crippen molar-refractivity contribution >= 4 is 17.3 Å². The van der Waals surface area contributed by atoms with Crippen molar-refractivity contribution in [2.24, 2.45) is 0 Å². The van der Waals surface area contributed by atoms with Gasteiger partial charge in [-0.15, -0.1) is 0 Å². The third kappa shape index (κ3) is 4.13. The van der Waals surface area contributed by atoms with Crippen molar-refractivity contribution < 1.29 is 9.18 Å². The van der Waals surface area contributed by atoms with Crippen LogP contribution in [0.5, 0.6) is 0 Å². The largest absolute Gasteiger partial charge is 0.354 e. The second-order valence-corrected chi connectivity index (χ2v) is 5.13. The first kappa shape index (κ1) is 15.6. The van der Waals surface area contributed by atoms with E-state index in [-0.39, 0.29) is 11.7 Å². The molecule has 5 nitrogen and oxygen atoms in total. The van der Waals surface area contributed by atoms with Gasteiger partial charge in [0.1, 0.15) is 5.82 Å². The van der Waals surface area contributed by atoms with Gasteiger partial charge < -0.3 is 10.6 Å². The first-order valence-corrected chi connectivity index (χ1v) is 7.35. The van der Waals surface area contributed by atoms with E-state index >= 15 is 0 Å². The fourth-order valence-electron chi connectivity index (χ4n) is 2.12. The Morgan fingerprint density at radius 2 is 1.71 bits per heavy atom.